The van der Waals surface area contributed by atoms with E-state index in [-0.39, 0.29) is 11.9 Å². The number of thiazole rings is 1. The molecule has 0 aliphatic carbocycles. The number of aromatic nitrogens is 2. The highest BCUT2D eigenvalue weighted by Gasteiger charge is 2.32. The Kier molecular flexibility index (Phi) is 4.57. The molecule has 6 heteroatoms. The summed E-state index contributed by atoms with van der Waals surface area (Å²) < 4.78 is 5.31. The summed E-state index contributed by atoms with van der Waals surface area (Å²) in [4.78, 5) is 19.1. The van der Waals surface area contributed by atoms with Gasteiger partial charge in [-0.2, -0.15) is 0 Å². The number of hydrogen-bond donors (Lipinski definition) is 0. The minimum atomic E-state index is -0.0676. The van der Waals surface area contributed by atoms with Crippen molar-refractivity contribution in [3.05, 3.63) is 34.1 Å². The summed E-state index contributed by atoms with van der Waals surface area (Å²) in [5, 5.41) is 7.02. The second-order valence-corrected chi connectivity index (χ2v) is 6.73. The van der Waals surface area contributed by atoms with Crippen LogP contribution in [0.2, 0.25) is 0 Å². The van der Waals surface area contributed by atoms with Gasteiger partial charge in [0, 0.05) is 30.1 Å². The van der Waals surface area contributed by atoms with Gasteiger partial charge in [-0.05, 0) is 25.7 Å². The molecule has 5 nitrogen and oxygen atoms in total. The van der Waals surface area contributed by atoms with Gasteiger partial charge in [-0.1, -0.05) is 19.0 Å². The third-order valence-corrected chi connectivity index (χ3v) is 5.23. The van der Waals surface area contributed by atoms with Gasteiger partial charge in [0.15, 0.2) is 0 Å². The van der Waals surface area contributed by atoms with Gasteiger partial charge in [0.05, 0.1) is 11.7 Å². The van der Waals surface area contributed by atoms with E-state index in [1.54, 1.807) is 23.6 Å². The quantitative estimate of drug-likeness (QED) is 0.854. The van der Waals surface area contributed by atoms with Gasteiger partial charge in [-0.3, -0.25) is 4.79 Å². The fraction of sp³-hybridized carbons (Fsp3) is 0.562. The Hall–Kier alpha value is -1.69. The molecule has 0 N–H and O–H groups in total. The molecule has 0 unspecified atom stereocenters. The Bertz CT molecular complexity index is 623. The molecule has 0 spiro atoms. The molecule has 2 aromatic rings. The maximum Gasteiger partial charge on any atom is 0.293 e. The Morgan fingerprint density at radius 1 is 1.55 bits per heavy atom. The first kappa shape index (κ1) is 15.2. The molecule has 1 amide bonds. The number of hydrogen-bond acceptors (Lipinski definition) is 5. The highest BCUT2D eigenvalue weighted by atomic mass is 32.1. The average Bonchev–Trinajstić information content (AvgIpc) is 3.25. The topological polar surface area (TPSA) is 59.2 Å². The number of nitrogens with zero attached hydrogens (tertiary/aromatic N) is 3. The Morgan fingerprint density at radius 2 is 2.41 bits per heavy atom. The molecule has 0 bridgehead atoms. The van der Waals surface area contributed by atoms with Crippen molar-refractivity contribution in [2.75, 3.05) is 6.54 Å². The van der Waals surface area contributed by atoms with Crippen LogP contribution in [0, 0.1) is 0 Å². The minimum Gasteiger partial charge on any atom is -0.351 e. The largest absolute Gasteiger partial charge is 0.351 e. The van der Waals surface area contributed by atoms with Gasteiger partial charge >= 0.3 is 0 Å². The maximum atomic E-state index is 12.8. The average molecular weight is 319 g/mol. The van der Waals surface area contributed by atoms with Gasteiger partial charge in [-0.15, -0.1) is 11.3 Å². The highest BCUT2D eigenvalue weighted by Crippen LogP contribution is 2.33. The first-order valence-corrected chi connectivity index (χ1v) is 8.75. The van der Waals surface area contributed by atoms with Gasteiger partial charge in [0.2, 0.25) is 5.76 Å². The molecule has 0 radical (unpaired) electrons. The Labute approximate surface area is 134 Å². The standard InChI is InChI=1S/C16H21N3O2S/c1-3-11(2)12-10-14(21-18-12)16(20)19-8-5-4-6-13(19)15-17-7-9-22-15/h7,9-11,13H,3-6,8H2,1-2H3/t11-,13+/m1/s1. The van der Waals surface area contributed by atoms with Crippen LogP contribution < -0.4 is 0 Å². The summed E-state index contributed by atoms with van der Waals surface area (Å²) in [6.07, 6.45) is 5.90. The molecule has 2 atom stereocenters. The van der Waals surface area contributed by atoms with Crippen LogP contribution >= 0.6 is 11.3 Å². The Morgan fingerprint density at radius 3 is 3.14 bits per heavy atom. The molecule has 22 heavy (non-hydrogen) atoms. The number of carbonyl (C=O) groups is 1. The predicted molar refractivity (Wildman–Crippen MR) is 85.0 cm³/mol. The van der Waals surface area contributed by atoms with E-state index in [1.165, 1.54) is 0 Å². The second kappa shape index (κ2) is 6.60. The normalized spacial score (nSPS) is 20.1. The van der Waals surface area contributed by atoms with Crippen molar-refractivity contribution < 1.29 is 9.32 Å². The lowest BCUT2D eigenvalue weighted by Crippen LogP contribution is -2.38. The first-order chi connectivity index (χ1) is 10.7. The fourth-order valence-electron chi connectivity index (χ4n) is 2.80. The van der Waals surface area contributed by atoms with Crippen LogP contribution in [0.15, 0.2) is 22.2 Å². The van der Waals surface area contributed by atoms with E-state index in [0.29, 0.717) is 11.7 Å². The van der Waals surface area contributed by atoms with Gasteiger partial charge in [-0.25, -0.2) is 4.98 Å². The van der Waals surface area contributed by atoms with Crippen LogP contribution in [-0.4, -0.2) is 27.5 Å². The van der Waals surface area contributed by atoms with Crippen molar-refractivity contribution in [1.29, 1.82) is 0 Å². The summed E-state index contributed by atoms with van der Waals surface area (Å²) in [5.41, 5.74) is 0.855. The summed E-state index contributed by atoms with van der Waals surface area (Å²) in [7, 11) is 0. The molecular weight excluding hydrogens is 298 g/mol. The molecule has 1 aliphatic heterocycles. The van der Waals surface area contributed by atoms with Crippen LogP contribution in [0.5, 0.6) is 0 Å². The fourth-order valence-corrected chi connectivity index (χ4v) is 3.59. The smallest absolute Gasteiger partial charge is 0.293 e. The van der Waals surface area contributed by atoms with Crippen LogP contribution in [-0.2, 0) is 0 Å². The monoisotopic (exact) mass is 319 g/mol. The Balaban J connectivity index is 1.81. The number of piperidine rings is 1. The zero-order valence-corrected chi connectivity index (χ0v) is 13.8. The molecule has 118 valence electrons. The second-order valence-electron chi connectivity index (χ2n) is 5.81. The van der Waals surface area contributed by atoms with Crippen LogP contribution in [0.3, 0.4) is 0 Å². The van der Waals surface area contributed by atoms with Crippen LogP contribution in [0.1, 0.15) is 72.7 Å². The zero-order chi connectivity index (χ0) is 15.5. The van der Waals surface area contributed by atoms with Crippen LogP contribution in [0.25, 0.3) is 0 Å². The number of amides is 1. The molecule has 2 aromatic heterocycles. The van der Waals surface area contributed by atoms with Gasteiger partial charge in [0.25, 0.3) is 5.91 Å². The van der Waals surface area contributed by atoms with E-state index in [1.807, 2.05) is 10.3 Å². The number of carbonyl (C=O) groups excluding carboxylic acids is 1. The number of likely N-dealkylation sites (tertiary alicyclic amines) is 1. The number of rotatable bonds is 4. The van der Waals surface area contributed by atoms with E-state index in [2.05, 4.69) is 24.0 Å². The van der Waals surface area contributed by atoms with E-state index < -0.39 is 0 Å². The van der Waals surface area contributed by atoms with Crippen molar-refractivity contribution >= 4 is 17.2 Å². The van der Waals surface area contributed by atoms with Crippen molar-refractivity contribution in [1.82, 2.24) is 15.0 Å². The van der Waals surface area contributed by atoms with E-state index in [4.69, 9.17) is 4.52 Å². The molecule has 1 fully saturated rings. The predicted octanol–water partition coefficient (Wildman–Crippen LogP) is 4.01. The lowest BCUT2D eigenvalue weighted by molar-refractivity contribution is 0.0569. The third-order valence-electron chi connectivity index (χ3n) is 4.36. The first-order valence-electron chi connectivity index (χ1n) is 7.87. The lowest BCUT2D eigenvalue weighted by Gasteiger charge is -2.33. The zero-order valence-electron chi connectivity index (χ0n) is 13.0. The summed E-state index contributed by atoms with van der Waals surface area (Å²) in [5.74, 6) is 0.585. The molecule has 0 aromatic carbocycles. The molecule has 3 rings (SSSR count). The molecule has 1 aliphatic rings. The highest BCUT2D eigenvalue weighted by molar-refractivity contribution is 7.09. The van der Waals surface area contributed by atoms with Gasteiger partial charge in [0.1, 0.15) is 5.01 Å². The maximum absolute atomic E-state index is 12.8. The summed E-state index contributed by atoms with van der Waals surface area (Å²) in [6, 6.07) is 1.86. The van der Waals surface area contributed by atoms with E-state index in [0.717, 1.165) is 42.9 Å². The van der Waals surface area contributed by atoms with Crippen LogP contribution in [0.4, 0.5) is 0 Å². The SMILES string of the molecule is CC[C@@H](C)c1cc(C(=O)N2CCCC[C@H]2c2nccs2)on1. The summed E-state index contributed by atoms with van der Waals surface area (Å²) >= 11 is 1.61. The molecule has 1 saturated heterocycles. The van der Waals surface area contributed by atoms with Gasteiger partial charge < -0.3 is 9.42 Å². The summed E-state index contributed by atoms with van der Waals surface area (Å²) in [6.45, 7) is 4.94. The van der Waals surface area contributed by atoms with E-state index >= 15 is 0 Å². The molecular formula is C16H21N3O2S. The van der Waals surface area contributed by atoms with Crippen molar-refractivity contribution in [2.24, 2.45) is 0 Å². The third kappa shape index (κ3) is 2.92. The lowest BCUT2D eigenvalue weighted by atomic mass is 10.0. The minimum absolute atomic E-state index is 0.0676. The van der Waals surface area contributed by atoms with Crippen molar-refractivity contribution in [3.8, 4) is 0 Å². The van der Waals surface area contributed by atoms with E-state index in [9.17, 15) is 4.79 Å². The molecule has 0 saturated carbocycles. The molecule has 3 heterocycles. The van der Waals surface area contributed by atoms with Crippen molar-refractivity contribution in [2.45, 2.75) is 51.5 Å². The van der Waals surface area contributed by atoms with Crippen molar-refractivity contribution in [3.63, 3.8) is 0 Å².